The monoisotopic (exact) mass is 367 g/mol. The molecule has 2 aromatic rings. The highest BCUT2D eigenvalue weighted by Crippen LogP contribution is 2.39. The lowest BCUT2D eigenvalue weighted by Crippen LogP contribution is -2.40. The van der Waals surface area contributed by atoms with Crippen LogP contribution in [0.3, 0.4) is 0 Å². The van der Waals surface area contributed by atoms with Crippen LogP contribution in [0.2, 0.25) is 5.02 Å². The fourth-order valence-electron chi connectivity index (χ4n) is 4.64. The first-order chi connectivity index (χ1) is 12.7. The molecule has 3 heteroatoms. The van der Waals surface area contributed by atoms with E-state index in [1.165, 1.54) is 36.8 Å². The number of halogens is 1. The summed E-state index contributed by atoms with van der Waals surface area (Å²) in [5.41, 5.74) is 3.59. The van der Waals surface area contributed by atoms with Crippen molar-refractivity contribution >= 4 is 17.5 Å². The van der Waals surface area contributed by atoms with E-state index in [0.29, 0.717) is 6.42 Å². The Bertz CT molecular complexity index is 781. The summed E-state index contributed by atoms with van der Waals surface area (Å²) >= 11 is 6.54. The number of amides is 1. The lowest BCUT2D eigenvalue weighted by Gasteiger charge is -2.38. The highest BCUT2D eigenvalue weighted by molar-refractivity contribution is 6.31. The fourth-order valence-corrected chi connectivity index (χ4v) is 4.88. The van der Waals surface area contributed by atoms with Crippen LogP contribution in [-0.4, -0.2) is 17.4 Å². The minimum Gasteiger partial charge on any atom is -0.331 e. The molecule has 0 aromatic heterocycles. The normalized spacial score (nSPS) is 20.2. The molecule has 26 heavy (non-hydrogen) atoms. The molecule has 2 nitrogen and oxygen atoms in total. The van der Waals surface area contributed by atoms with Crippen molar-refractivity contribution in [2.24, 2.45) is 5.92 Å². The number of carbonyl (C=O) groups excluding carboxylic acids is 1. The van der Waals surface area contributed by atoms with Crippen molar-refractivity contribution in [1.82, 2.24) is 4.90 Å². The molecule has 0 N–H and O–H groups in total. The summed E-state index contributed by atoms with van der Waals surface area (Å²) in [5.74, 6) is 1.02. The van der Waals surface area contributed by atoms with Crippen LogP contribution >= 0.6 is 11.6 Å². The van der Waals surface area contributed by atoms with E-state index in [1.807, 2.05) is 18.2 Å². The van der Waals surface area contributed by atoms with Gasteiger partial charge in [-0.2, -0.15) is 0 Å². The van der Waals surface area contributed by atoms with Crippen molar-refractivity contribution in [3.8, 4) is 0 Å². The van der Waals surface area contributed by atoms with Crippen molar-refractivity contribution in [3.05, 3.63) is 70.2 Å². The summed E-state index contributed by atoms with van der Waals surface area (Å²) in [6.45, 7) is 0.774. The van der Waals surface area contributed by atoms with Gasteiger partial charge >= 0.3 is 0 Å². The van der Waals surface area contributed by atoms with Gasteiger partial charge in [0.25, 0.3) is 0 Å². The van der Waals surface area contributed by atoms with Crippen LogP contribution in [-0.2, 0) is 11.2 Å². The van der Waals surface area contributed by atoms with Crippen LogP contribution in [0.15, 0.2) is 48.5 Å². The van der Waals surface area contributed by atoms with Gasteiger partial charge in [-0.1, -0.05) is 79.7 Å². The average Bonchev–Trinajstić information content (AvgIpc) is 3.19. The number of fused-ring (bicyclic) bond motifs is 1. The Labute approximate surface area is 161 Å². The van der Waals surface area contributed by atoms with Gasteiger partial charge in [-0.05, 0) is 41.5 Å². The minimum absolute atomic E-state index is 0.0651. The smallest absolute Gasteiger partial charge is 0.223 e. The average molecular weight is 368 g/mol. The van der Waals surface area contributed by atoms with Crippen molar-refractivity contribution in [2.75, 3.05) is 6.54 Å². The zero-order valence-electron chi connectivity index (χ0n) is 15.2. The fraction of sp³-hybridized carbons (Fsp3) is 0.435. The zero-order chi connectivity index (χ0) is 17.9. The zero-order valence-corrected chi connectivity index (χ0v) is 15.9. The van der Waals surface area contributed by atoms with Gasteiger partial charge in [0.05, 0.1) is 6.04 Å². The number of hydrogen-bond acceptors (Lipinski definition) is 1. The lowest BCUT2D eigenvalue weighted by molar-refractivity contribution is -0.133. The van der Waals surface area contributed by atoms with Crippen molar-refractivity contribution < 1.29 is 4.79 Å². The van der Waals surface area contributed by atoms with Crippen molar-refractivity contribution in [1.29, 1.82) is 0 Å². The van der Waals surface area contributed by atoms with Gasteiger partial charge in [0.2, 0.25) is 5.91 Å². The quantitative estimate of drug-likeness (QED) is 0.670. The predicted molar refractivity (Wildman–Crippen MR) is 106 cm³/mol. The molecule has 1 saturated carbocycles. The van der Waals surface area contributed by atoms with E-state index in [-0.39, 0.29) is 11.9 Å². The first kappa shape index (κ1) is 17.6. The molecule has 0 unspecified atom stereocenters. The third-order valence-electron chi connectivity index (χ3n) is 6.04. The van der Waals surface area contributed by atoms with E-state index in [9.17, 15) is 4.79 Å². The van der Waals surface area contributed by atoms with Gasteiger partial charge in [-0.15, -0.1) is 0 Å². The molecule has 2 aliphatic rings. The SMILES string of the molecule is O=C(CCC1CCCC1)N1CCc2ccccc2[C@@H]1c1ccccc1Cl. The molecule has 0 radical (unpaired) electrons. The Morgan fingerprint density at radius 1 is 1.00 bits per heavy atom. The van der Waals surface area contributed by atoms with E-state index in [0.717, 1.165) is 35.9 Å². The molecule has 1 aliphatic heterocycles. The van der Waals surface area contributed by atoms with Crippen LogP contribution in [0.1, 0.15) is 61.3 Å². The van der Waals surface area contributed by atoms with E-state index in [1.54, 1.807) is 0 Å². The van der Waals surface area contributed by atoms with Gasteiger partial charge in [-0.3, -0.25) is 4.79 Å². The van der Waals surface area contributed by atoms with Crippen LogP contribution in [0.25, 0.3) is 0 Å². The number of benzene rings is 2. The largest absolute Gasteiger partial charge is 0.331 e. The summed E-state index contributed by atoms with van der Waals surface area (Å²) in [7, 11) is 0. The number of hydrogen-bond donors (Lipinski definition) is 0. The topological polar surface area (TPSA) is 20.3 Å². The third kappa shape index (κ3) is 3.53. The lowest BCUT2D eigenvalue weighted by atomic mass is 9.87. The van der Waals surface area contributed by atoms with Crippen LogP contribution < -0.4 is 0 Å². The molecule has 4 rings (SSSR count). The van der Waals surface area contributed by atoms with Crippen LogP contribution in [0.4, 0.5) is 0 Å². The summed E-state index contributed by atoms with van der Waals surface area (Å²) in [6.07, 6.45) is 7.87. The maximum atomic E-state index is 13.1. The predicted octanol–water partition coefficient (Wildman–Crippen LogP) is 5.78. The minimum atomic E-state index is -0.0651. The Morgan fingerprint density at radius 2 is 1.69 bits per heavy atom. The highest BCUT2D eigenvalue weighted by Gasteiger charge is 2.33. The van der Waals surface area contributed by atoms with Crippen LogP contribution in [0.5, 0.6) is 0 Å². The van der Waals surface area contributed by atoms with Crippen molar-refractivity contribution in [2.45, 2.75) is 51.0 Å². The number of rotatable bonds is 4. The van der Waals surface area contributed by atoms with Crippen LogP contribution in [0, 0.1) is 5.92 Å². The Kier molecular flexibility index (Phi) is 5.31. The van der Waals surface area contributed by atoms with Crippen molar-refractivity contribution in [3.63, 3.8) is 0 Å². The summed E-state index contributed by atoms with van der Waals surface area (Å²) in [5, 5.41) is 0.739. The summed E-state index contributed by atoms with van der Waals surface area (Å²) in [6, 6.07) is 16.4. The molecule has 0 spiro atoms. The van der Waals surface area contributed by atoms with Gasteiger partial charge in [0.1, 0.15) is 0 Å². The van der Waals surface area contributed by atoms with E-state index < -0.39 is 0 Å². The Hall–Kier alpha value is -1.80. The van der Waals surface area contributed by atoms with E-state index in [4.69, 9.17) is 11.6 Å². The Balaban J connectivity index is 1.62. The molecule has 2 aromatic carbocycles. The van der Waals surface area contributed by atoms with Gasteiger partial charge < -0.3 is 4.90 Å². The van der Waals surface area contributed by atoms with E-state index in [2.05, 4.69) is 35.2 Å². The summed E-state index contributed by atoms with van der Waals surface area (Å²) < 4.78 is 0. The first-order valence-corrected chi connectivity index (χ1v) is 10.2. The summed E-state index contributed by atoms with van der Waals surface area (Å²) in [4.78, 5) is 15.2. The molecule has 1 heterocycles. The Morgan fingerprint density at radius 3 is 2.46 bits per heavy atom. The van der Waals surface area contributed by atoms with Gasteiger partial charge in [0, 0.05) is 18.0 Å². The second-order valence-electron chi connectivity index (χ2n) is 7.65. The third-order valence-corrected chi connectivity index (χ3v) is 6.39. The molecule has 1 amide bonds. The molecule has 136 valence electrons. The molecular formula is C23H26ClNO. The number of nitrogens with zero attached hydrogens (tertiary/aromatic N) is 1. The first-order valence-electron chi connectivity index (χ1n) is 9.86. The molecular weight excluding hydrogens is 342 g/mol. The molecule has 0 saturated heterocycles. The molecule has 1 aliphatic carbocycles. The molecule has 0 bridgehead atoms. The standard InChI is InChI=1S/C23H26ClNO/c24-21-12-6-5-11-20(21)23-19-10-4-3-9-18(19)15-16-25(23)22(26)14-13-17-7-1-2-8-17/h3-6,9-12,17,23H,1-2,7-8,13-16H2/t23-/m1/s1. The second kappa shape index (κ2) is 7.84. The van der Waals surface area contributed by atoms with Gasteiger partial charge in [-0.25, -0.2) is 0 Å². The maximum Gasteiger partial charge on any atom is 0.223 e. The number of carbonyl (C=O) groups is 1. The highest BCUT2D eigenvalue weighted by atomic mass is 35.5. The van der Waals surface area contributed by atoms with Gasteiger partial charge in [0.15, 0.2) is 0 Å². The maximum absolute atomic E-state index is 13.1. The second-order valence-corrected chi connectivity index (χ2v) is 8.06. The van der Waals surface area contributed by atoms with E-state index >= 15 is 0 Å². The molecule has 1 atom stereocenters. The molecule has 1 fully saturated rings.